The van der Waals surface area contributed by atoms with Crippen LogP contribution in [0, 0.1) is 28.1 Å². The number of esters is 1. The molecule has 2 aliphatic heterocycles. The van der Waals surface area contributed by atoms with Crippen LogP contribution in [0.3, 0.4) is 0 Å². The number of pyridine rings is 1. The number of hydrogen-bond donors (Lipinski definition) is 3. The Labute approximate surface area is 306 Å². The van der Waals surface area contributed by atoms with E-state index in [4.69, 9.17) is 10.5 Å². The summed E-state index contributed by atoms with van der Waals surface area (Å²) in [6, 6.07) is 2.13. The number of ketones is 1. The molecule has 52 heavy (non-hydrogen) atoms. The lowest BCUT2D eigenvalue weighted by Crippen LogP contribution is -2.69. The Bertz CT molecular complexity index is 1730. The Morgan fingerprint density at radius 3 is 2.54 bits per heavy atom. The van der Waals surface area contributed by atoms with E-state index >= 15 is 0 Å². The van der Waals surface area contributed by atoms with Gasteiger partial charge in [-0.1, -0.05) is 26.8 Å². The van der Waals surface area contributed by atoms with Gasteiger partial charge in [-0.2, -0.15) is 0 Å². The number of aromatic nitrogens is 3. The van der Waals surface area contributed by atoms with Gasteiger partial charge in [-0.25, -0.2) is 9.97 Å². The van der Waals surface area contributed by atoms with Gasteiger partial charge in [0.05, 0.1) is 30.8 Å². The number of nitrogens with zero attached hydrogens (tertiary/aromatic N) is 6. The first-order valence-corrected chi connectivity index (χ1v) is 19.2. The van der Waals surface area contributed by atoms with Crippen LogP contribution in [0.25, 0.3) is 11.2 Å². The zero-order valence-corrected chi connectivity index (χ0v) is 31.3. The van der Waals surface area contributed by atoms with Crippen molar-refractivity contribution >= 4 is 34.5 Å². The smallest absolute Gasteiger partial charge is 0.320 e. The van der Waals surface area contributed by atoms with Crippen molar-refractivity contribution < 1.29 is 29.3 Å². The van der Waals surface area contributed by atoms with Gasteiger partial charge in [-0.05, 0) is 56.4 Å². The number of nitrogens with two attached hydrogens (primary N) is 1. The number of carbonyl (C=O) groups is 3. The van der Waals surface area contributed by atoms with Crippen LogP contribution in [0.1, 0.15) is 72.6 Å². The SMILES string of the molecule is C=CC1(C)CC(O)C2(C)C3C(=O)CCC3(CCC2(C)OC(=O)CN2CCN(C(=O)CCn3cnc4c(N5CCC(N)C5)ccnc43)CC2)C(C)C1O. The number of ether oxygens (including phenoxy) is 1. The predicted octanol–water partition coefficient (Wildman–Crippen LogP) is 2.52. The first kappa shape index (κ1) is 36.9. The van der Waals surface area contributed by atoms with Crippen molar-refractivity contribution in [2.75, 3.05) is 50.7 Å². The quantitative estimate of drug-likeness (QED) is 0.271. The highest BCUT2D eigenvalue weighted by atomic mass is 16.6. The van der Waals surface area contributed by atoms with Crippen molar-refractivity contribution in [2.24, 2.45) is 33.8 Å². The fourth-order valence-corrected chi connectivity index (χ4v) is 10.8. The molecule has 3 saturated carbocycles. The van der Waals surface area contributed by atoms with Crippen molar-refractivity contribution in [3.05, 3.63) is 31.2 Å². The van der Waals surface area contributed by atoms with Crippen molar-refractivity contribution in [3.8, 4) is 0 Å². The number of rotatable bonds is 8. The molecule has 4 N–H and O–H groups in total. The highest BCUT2D eigenvalue weighted by Crippen LogP contribution is 2.69. The summed E-state index contributed by atoms with van der Waals surface area (Å²) in [6.07, 6.45) is 7.15. The second kappa shape index (κ2) is 13.5. The molecular formula is C39H57N7O6. The maximum atomic E-state index is 13.7. The van der Waals surface area contributed by atoms with Gasteiger partial charge >= 0.3 is 5.97 Å². The van der Waals surface area contributed by atoms with Crippen molar-refractivity contribution in [3.63, 3.8) is 0 Å². The molecule has 1 amide bonds. The van der Waals surface area contributed by atoms with Gasteiger partial charge in [0.15, 0.2) is 5.65 Å². The fourth-order valence-electron chi connectivity index (χ4n) is 10.8. The zero-order chi connectivity index (χ0) is 37.2. The number of aliphatic hydroxyl groups is 2. The Kier molecular flexibility index (Phi) is 9.57. The third-order valence-corrected chi connectivity index (χ3v) is 14.4. The largest absolute Gasteiger partial charge is 0.458 e. The predicted molar refractivity (Wildman–Crippen MR) is 196 cm³/mol. The molecular weight excluding hydrogens is 662 g/mol. The van der Waals surface area contributed by atoms with E-state index in [-0.39, 0.29) is 36.6 Å². The molecule has 9 atom stereocenters. The molecule has 7 rings (SSSR count). The van der Waals surface area contributed by atoms with E-state index in [9.17, 15) is 24.6 Å². The normalized spacial score (nSPS) is 38.2. The highest BCUT2D eigenvalue weighted by Gasteiger charge is 2.72. The van der Waals surface area contributed by atoms with E-state index in [0.29, 0.717) is 64.8 Å². The minimum Gasteiger partial charge on any atom is -0.458 e. The van der Waals surface area contributed by atoms with E-state index in [1.54, 1.807) is 18.6 Å². The van der Waals surface area contributed by atoms with Gasteiger partial charge in [-0.15, -0.1) is 6.58 Å². The number of fused-ring (bicyclic) bond motifs is 1. The monoisotopic (exact) mass is 719 g/mol. The molecule has 9 unspecified atom stereocenters. The lowest BCUT2D eigenvalue weighted by Gasteiger charge is -2.64. The van der Waals surface area contributed by atoms with Gasteiger partial charge in [-0.3, -0.25) is 19.3 Å². The molecule has 0 aromatic carbocycles. The van der Waals surface area contributed by atoms with Gasteiger partial charge in [0, 0.05) is 87.6 Å². The molecule has 4 heterocycles. The third-order valence-electron chi connectivity index (χ3n) is 14.4. The van der Waals surface area contributed by atoms with E-state index in [1.165, 1.54) is 0 Å². The number of piperazine rings is 1. The Hall–Kier alpha value is -3.39. The summed E-state index contributed by atoms with van der Waals surface area (Å²) in [7, 11) is 0. The number of amides is 1. The van der Waals surface area contributed by atoms with Gasteiger partial charge in [0.1, 0.15) is 16.9 Å². The molecule has 5 fully saturated rings. The molecule has 284 valence electrons. The number of anilines is 1. The van der Waals surface area contributed by atoms with Crippen LogP contribution in [-0.2, 0) is 25.7 Å². The number of Topliss-reactive ketones (excluding diaryl/α,β-unsaturated/α-hetero) is 1. The molecule has 2 aromatic heterocycles. The topological polar surface area (TPSA) is 167 Å². The Morgan fingerprint density at radius 1 is 1.10 bits per heavy atom. The molecule has 13 nitrogen and oxygen atoms in total. The highest BCUT2D eigenvalue weighted by molar-refractivity contribution is 5.87. The molecule has 5 aliphatic rings. The summed E-state index contributed by atoms with van der Waals surface area (Å²) in [4.78, 5) is 56.0. The zero-order valence-electron chi connectivity index (χ0n) is 31.3. The average molecular weight is 720 g/mol. The first-order chi connectivity index (χ1) is 24.7. The Morgan fingerprint density at radius 2 is 1.85 bits per heavy atom. The second-order valence-corrected chi connectivity index (χ2v) is 17.1. The first-order valence-electron chi connectivity index (χ1n) is 19.2. The van der Waals surface area contributed by atoms with Crippen molar-refractivity contribution in [1.29, 1.82) is 0 Å². The maximum Gasteiger partial charge on any atom is 0.320 e. The molecule has 2 aromatic rings. The summed E-state index contributed by atoms with van der Waals surface area (Å²) in [5.41, 5.74) is 5.35. The van der Waals surface area contributed by atoms with Gasteiger partial charge in [0.25, 0.3) is 0 Å². The minimum absolute atomic E-state index is 0.0437. The summed E-state index contributed by atoms with van der Waals surface area (Å²) in [6.45, 7) is 16.1. The molecule has 0 spiro atoms. The van der Waals surface area contributed by atoms with Crippen molar-refractivity contribution in [2.45, 2.75) is 103 Å². The van der Waals surface area contributed by atoms with E-state index in [1.807, 2.05) is 48.1 Å². The molecule has 0 radical (unpaired) electrons. The average Bonchev–Trinajstić information content (AvgIpc) is 3.85. The minimum atomic E-state index is -1.09. The van der Waals surface area contributed by atoms with E-state index in [2.05, 4.69) is 21.4 Å². The molecule has 2 bridgehead atoms. The van der Waals surface area contributed by atoms with Gasteiger partial charge < -0.3 is 35.1 Å². The lowest BCUT2D eigenvalue weighted by atomic mass is 9.42. The van der Waals surface area contributed by atoms with Crippen LogP contribution in [0.15, 0.2) is 31.2 Å². The van der Waals surface area contributed by atoms with Crippen LogP contribution < -0.4 is 10.6 Å². The lowest BCUT2D eigenvalue weighted by molar-refractivity contribution is -0.252. The second-order valence-electron chi connectivity index (χ2n) is 17.1. The summed E-state index contributed by atoms with van der Waals surface area (Å²) < 4.78 is 8.34. The third kappa shape index (κ3) is 5.86. The number of aliphatic hydroxyl groups excluding tert-OH is 2. The summed E-state index contributed by atoms with van der Waals surface area (Å²) in [5, 5.41) is 23.6. The van der Waals surface area contributed by atoms with E-state index < -0.39 is 45.9 Å². The Balaban J connectivity index is 0.967. The van der Waals surface area contributed by atoms with E-state index in [0.717, 1.165) is 36.4 Å². The van der Waals surface area contributed by atoms with Crippen molar-refractivity contribution in [1.82, 2.24) is 24.3 Å². The number of aryl methyl sites for hydroxylation is 1. The van der Waals surface area contributed by atoms with Crippen LogP contribution in [-0.4, -0.2) is 122 Å². The number of carbonyl (C=O) groups excluding carboxylic acids is 3. The summed E-state index contributed by atoms with van der Waals surface area (Å²) >= 11 is 0. The summed E-state index contributed by atoms with van der Waals surface area (Å²) in [5.74, 6) is -0.994. The van der Waals surface area contributed by atoms with Crippen LogP contribution in [0.4, 0.5) is 5.69 Å². The van der Waals surface area contributed by atoms with Crippen LogP contribution in [0.2, 0.25) is 0 Å². The maximum absolute atomic E-state index is 13.7. The number of imidazole rings is 1. The molecule has 3 aliphatic carbocycles. The molecule has 2 saturated heterocycles. The van der Waals surface area contributed by atoms with Crippen LogP contribution >= 0.6 is 0 Å². The fraction of sp³-hybridized carbons (Fsp3) is 0.718. The van der Waals surface area contributed by atoms with Gasteiger partial charge in [0.2, 0.25) is 5.91 Å². The number of hydrogen-bond acceptors (Lipinski definition) is 11. The molecule has 13 heteroatoms. The van der Waals surface area contributed by atoms with Crippen LogP contribution in [0.5, 0.6) is 0 Å². The standard InChI is InChI=1S/C39H57N7O6/c1-6-36(3)21-29(48)38(5)33-28(47)7-11-39(33,25(2)34(36)51)13-12-37(38,4)52-31(50)23-43-17-19-44(20-18-43)30(49)10-16-46-24-42-32-27(8-14-41-35(32)46)45-15-9-26(40)22-45/h6,8,14,24-26,29,33-34,48,51H,1,7,9-13,15-23,40H2,2-5H3.